The summed E-state index contributed by atoms with van der Waals surface area (Å²) in [5, 5.41) is 5.26. The first-order valence-corrected chi connectivity index (χ1v) is 12.4. The number of nitrogens with one attached hydrogen (secondary N) is 1. The van der Waals surface area contributed by atoms with E-state index in [0.717, 1.165) is 36.6 Å². The largest absolute Gasteiger partial charge is 0.490 e. The number of cyclic esters (lactones) is 1. The smallest absolute Gasteiger partial charge is 0.410 e. The molecule has 1 N–H and O–H groups in total. The average Bonchev–Trinajstić information content (AvgIpc) is 3.24. The van der Waals surface area contributed by atoms with Gasteiger partial charge in [0.05, 0.1) is 12.1 Å². The number of nitrogens with zero attached hydrogens (tertiary/aromatic N) is 2. The molecule has 1 aliphatic heterocycles. The van der Waals surface area contributed by atoms with Crippen molar-refractivity contribution in [2.24, 2.45) is 0 Å². The van der Waals surface area contributed by atoms with Gasteiger partial charge in [0, 0.05) is 27.5 Å². The number of carbonyl (C=O) groups excluding carboxylic acids is 2. The van der Waals surface area contributed by atoms with Gasteiger partial charge < -0.3 is 19.7 Å². The topological polar surface area (TPSA) is 80.8 Å². The van der Waals surface area contributed by atoms with Gasteiger partial charge in [-0.2, -0.15) is 0 Å². The molecule has 0 bridgehead atoms. The van der Waals surface area contributed by atoms with E-state index in [-0.39, 0.29) is 30.2 Å². The molecule has 182 valence electrons. The van der Waals surface area contributed by atoms with E-state index < -0.39 is 0 Å². The van der Waals surface area contributed by atoms with E-state index in [1.807, 2.05) is 18.2 Å². The molecule has 9 heteroatoms. The first kappa shape index (κ1) is 23.7. The number of rotatable bonds is 6. The Bertz CT molecular complexity index is 1230. The van der Waals surface area contributed by atoms with Crippen molar-refractivity contribution < 1.29 is 19.1 Å². The van der Waals surface area contributed by atoms with E-state index in [0.29, 0.717) is 34.6 Å². The third-order valence-corrected chi connectivity index (χ3v) is 7.00. The lowest BCUT2D eigenvalue weighted by molar-refractivity contribution is 0.0900. The highest BCUT2D eigenvalue weighted by atomic mass is 35.5. The van der Waals surface area contributed by atoms with Gasteiger partial charge in [-0.25, -0.2) is 9.78 Å². The van der Waals surface area contributed by atoms with Gasteiger partial charge in [-0.05, 0) is 74.2 Å². The normalized spacial score (nSPS) is 22.2. The molecule has 2 fully saturated rings. The Hall–Kier alpha value is -3.03. The Kier molecular flexibility index (Phi) is 6.97. The maximum absolute atomic E-state index is 12.8. The number of fused-ring (bicyclic) bond motifs is 1. The number of halogens is 2. The molecule has 1 saturated heterocycles. The van der Waals surface area contributed by atoms with Crippen molar-refractivity contribution in [3.63, 3.8) is 0 Å². The van der Waals surface area contributed by atoms with Crippen molar-refractivity contribution in [2.75, 3.05) is 13.2 Å². The zero-order chi connectivity index (χ0) is 24.4. The molecular weight excluding hydrogens is 489 g/mol. The number of pyridine rings is 1. The van der Waals surface area contributed by atoms with Crippen LogP contribution in [0.1, 0.15) is 36.2 Å². The van der Waals surface area contributed by atoms with Crippen molar-refractivity contribution in [1.29, 1.82) is 0 Å². The SMILES string of the molecule is O=C(NC1CCC(N2CC(COc3ccc(Cl)cc3)OC2=O)CC1)c1ccc2cc(Cl)ccc2n1. The zero-order valence-corrected chi connectivity index (χ0v) is 20.5. The second-order valence-corrected chi connectivity index (χ2v) is 9.81. The summed E-state index contributed by atoms with van der Waals surface area (Å²) in [6.45, 7) is 0.791. The Morgan fingerprint density at radius 2 is 1.77 bits per heavy atom. The molecule has 1 aromatic heterocycles. The molecule has 7 nitrogen and oxygen atoms in total. The number of aromatic nitrogens is 1. The first-order valence-electron chi connectivity index (χ1n) is 11.7. The van der Waals surface area contributed by atoms with Crippen LogP contribution in [0, 0.1) is 0 Å². The fourth-order valence-electron chi connectivity index (χ4n) is 4.66. The van der Waals surface area contributed by atoms with Gasteiger partial charge in [-0.1, -0.05) is 29.3 Å². The molecule has 3 aromatic rings. The van der Waals surface area contributed by atoms with Crippen LogP contribution in [0.3, 0.4) is 0 Å². The van der Waals surface area contributed by atoms with E-state index in [1.54, 1.807) is 41.3 Å². The van der Waals surface area contributed by atoms with Crippen LogP contribution in [0.5, 0.6) is 5.75 Å². The minimum Gasteiger partial charge on any atom is -0.490 e. The molecule has 2 aromatic carbocycles. The van der Waals surface area contributed by atoms with E-state index in [1.165, 1.54) is 0 Å². The predicted octanol–water partition coefficient (Wildman–Crippen LogP) is 5.48. The van der Waals surface area contributed by atoms with Crippen LogP contribution >= 0.6 is 23.2 Å². The van der Waals surface area contributed by atoms with Crippen molar-refractivity contribution in [3.8, 4) is 5.75 Å². The number of ether oxygens (including phenoxy) is 2. The molecule has 0 radical (unpaired) electrons. The summed E-state index contributed by atoms with van der Waals surface area (Å²) in [6, 6.07) is 16.2. The number of amides is 2. The summed E-state index contributed by atoms with van der Waals surface area (Å²) < 4.78 is 11.3. The Morgan fingerprint density at radius 3 is 2.54 bits per heavy atom. The van der Waals surface area contributed by atoms with Crippen LogP contribution in [0.2, 0.25) is 10.0 Å². The molecule has 2 aliphatic rings. The summed E-state index contributed by atoms with van der Waals surface area (Å²) in [7, 11) is 0. The monoisotopic (exact) mass is 513 g/mol. The summed E-state index contributed by atoms with van der Waals surface area (Å²) in [5.74, 6) is 0.496. The lowest BCUT2D eigenvalue weighted by Crippen LogP contribution is -2.44. The van der Waals surface area contributed by atoms with Gasteiger partial charge in [-0.15, -0.1) is 0 Å². The second-order valence-electron chi connectivity index (χ2n) is 8.94. The second kappa shape index (κ2) is 10.3. The van der Waals surface area contributed by atoms with Gasteiger partial charge in [0.25, 0.3) is 5.91 Å². The highest BCUT2D eigenvalue weighted by Crippen LogP contribution is 2.28. The van der Waals surface area contributed by atoms with Gasteiger partial charge >= 0.3 is 6.09 Å². The van der Waals surface area contributed by atoms with Crippen molar-refractivity contribution in [2.45, 2.75) is 43.9 Å². The van der Waals surface area contributed by atoms with Crippen molar-refractivity contribution in [1.82, 2.24) is 15.2 Å². The summed E-state index contributed by atoms with van der Waals surface area (Å²) in [4.78, 5) is 31.5. The fraction of sp³-hybridized carbons (Fsp3) is 0.346. The maximum Gasteiger partial charge on any atom is 0.410 e. The van der Waals surface area contributed by atoms with Crippen molar-refractivity contribution >= 4 is 46.1 Å². The Morgan fingerprint density at radius 1 is 1.03 bits per heavy atom. The minimum absolute atomic E-state index is 0.0455. The molecule has 1 saturated carbocycles. The molecule has 2 amide bonds. The van der Waals surface area contributed by atoms with Crippen LogP contribution < -0.4 is 10.1 Å². The third kappa shape index (κ3) is 5.63. The van der Waals surface area contributed by atoms with E-state index in [4.69, 9.17) is 32.7 Å². The molecular formula is C26H25Cl2N3O4. The van der Waals surface area contributed by atoms with Crippen LogP contribution in [-0.4, -0.2) is 53.2 Å². The van der Waals surface area contributed by atoms with Crippen molar-refractivity contribution in [3.05, 3.63) is 70.3 Å². The molecule has 5 rings (SSSR count). The quantitative estimate of drug-likeness (QED) is 0.471. The summed E-state index contributed by atoms with van der Waals surface area (Å²) >= 11 is 11.9. The molecule has 35 heavy (non-hydrogen) atoms. The van der Waals surface area contributed by atoms with Gasteiger partial charge in [0.2, 0.25) is 0 Å². The third-order valence-electron chi connectivity index (χ3n) is 6.51. The average molecular weight is 514 g/mol. The van der Waals surface area contributed by atoms with Gasteiger partial charge in [0.1, 0.15) is 18.1 Å². The van der Waals surface area contributed by atoms with Gasteiger partial charge in [-0.3, -0.25) is 4.79 Å². The molecule has 0 spiro atoms. The fourth-order valence-corrected chi connectivity index (χ4v) is 4.97. The Labute approximate surface area is 213 Å². The standard InChI is InChI=1S/C26H25Cl2N3O4/c27-17-2-9-21(10-3-17)34-15-22-14-31(26(33)35-22)20-7-5-19(6-8-20)29-25(32)24-11-1-16-13-18(28)4-12-23(16)30-24/h1-4,9-13,19-20,22H,5-8,14-15H2,(H,29,32). The lowest BCUT2D eigenvalue weighted by atomic mass is 9.90. The Balaban J connectivity index is 1.10. The number of hydrogen-bond donors (Lipinski definition) is 1. The van der Waals surface area contributed by atoms with E-state index in [2.05, 4.69) is 10.3 Å². The summed E-state index contributed by atoms with van der Waals surface area (Å²) in [5.41, 5.74) is 1.11. The zero-order valence-electron chi connectivity index (χ0n) is 19.0. The molecule has 1 unspecified atom stereocenters. The first-order chi connectivity index (χ1) is 16.9. The molecule has 2 heterocycles. The predicted molar refractivity (Wildman–Crippen MR) is 134 cm³/mol. The number of hydrogen-bond acceptors (Lipinski definition) is 5. The highest BCUT2D eigenvalue weighted by molar-refractivity contribution is 6.31. The highest BCUT2D eigenvalue weighted by Gasteiger charge is 2.38. The van der Waals surface area contributed by atoms with Crippen LogP contribution in [-0.2, 0) is 4.74 Å². The lowest BCUT2D eigenvalue weighted by Gasteiger charge is -2.33. The van der Waals surface area contributed by atoms with Crippen LogP contribution in [0.25, 0.3) is 10.9 Å². The summed E-state index contributed by atoms with van der Waals surface area (Å²) in [6.07, 6.45) is 2.56. The number of carbonyl (C=O) groups is 2. The van der Waals surface area contributed by atoms with E-state index >= 15 is 0 Å². The molecule has 1 atom stereocenters. The van der Waals surface area contributed by atoms with E-state index in [9.17, 15) is 9.59 Å². The molecule has 1 aliphatic carbocycles. The van der Waals surface area contributed by atoms with Gasteiger partial charge in [0.15, 0.2) is 6.10 Å². The van der Waals surface area contributed by atoms with Crippen LogP contribution in [0.15, 0.2) is 54.6 Å². The minimum atomic E-state index is -0.315. The number of benzene rings is 2. The maximum atomic E-state index is 12.8. The van der Waals surface area contributed by atoms with Crippen LogP contribution in [0.4, 0.5) is 4.79 Å².